The quantitative estimate of drug-likeness (QED) is 0.701. The Labute approximate surface area is 87.1 Å². The van der Waals surface area contributed by atoms with E-state index in [9.17, 15) is 8.78 Å². The van der Waals surface area contributed by atoms with E-state index in [1.54, 1.807) is 6.92 Å². The van der Waals surface area contributed by atoms with Crippen molar-refractivity contribution in [3.8, 4) is 11.5 Å². The molecule has 0 spiro atoms. The summed E-state index contributed by atoms with van der Waals surface area (Å²) < 4.78 is 36.4. The summed E-state index contributed by atoms with van der Waals surface area (Å²) in [6, 6.07) is 2.66. The number of halogens is 2. The van der Waals surface area contributed by atoms with E-state index < -0.39 is 11.6 Å². The molecular weight excluding hydrogens is 202 g/mol. The maximum atomic E-state index is 13.3. The zero-order valence-electron chi connectivity index (χ0n) is 8.43. The van der Waals surface area contributed by atoms with Crippen molar-refractivity contribution >= 4 is 0 Å². The average molecular weight is 214 g/mol. The standard InChI is InChI=1S/C11H12F2O2/c1-3-7-15-9-6-5-8(14-4-2)10(12)11(9)13/h3,5-6H,1,4,7H2,2H3. The first-order valence-corrected chi connectivity index (χ1v) is 4.55. The van der Waals surface area contributed by atoms with Crippen molar-refractivity contribution in [3.63, 3.8) is 0 Å². The second-order valence-corrected chi connectivity index (χ2v) is 2.72. The first kappa shape index (κ1) is 11.5. The summed E-state index contributed by atoms with van der Waals surface area (Å²) >= 11 is 0. The highest BCUT2D eigenvalue weighted by Crippen LogP contribution is 2.27. The van der Waals surface area contributed by atoms with E-state index in [1.165, 1.54) is 18.2 Å². The molecule has 1 aromatic rings. The lowest BCUT2D eigenvalue weighted by molar-refractivity contribution is 0.299. The minimum Gasteiger partial charge on any atom is -0.491 e. The maximum absolute atomic E-state index is 13.3. The van der Waals surface area contributed by atoms with Crippen molar-refractivity contribution in [2.75, 3.05) is 13.2 Å². The van der Waals surface area contributed by atoms with E-state index in [0.717, 1.165) is 0 Å². The summed E-state index contributed by atoms with van der Waals surface area (Å²) in [4.78, 5) is 0. The third-order valence-corrected chi connectivity index (χ3v) is 1.67. The van der Waals surface area contributed by atoms with Gasteiger partial charge in [0.25, 0.3) is 0 Å². The number of rotatable bonds is 5. The van der Waals surface area contributed by atoms with Crippen LogP contribution < -0.4 is 9.47 Å². The molecule has 0 saturated heterocycles. The zero-order chi connectivity index (χ0) is 11.3. The van der Waals surface area contributed by atoms with Crippen LogP contribution in [0.1, 0.15) is 6.92 Å². The maximum Gasteiger partial charge on any atom is 0.204 e. The second kappa shape index (κ2) is 5.34. The number of hydrogen-bond acceptors (Lipinski definition) is 2. The van der Waals surface area contributed by atoms with Gasteiger partial charge in [-0.1, -0.05) is 12.7 Å². The van der Waals surface area contributed by atoms with Gasteiger partial charge in [0.2, 0.25) is 11.6 Å². The van der Waals surface area contributed by atoms with Crippen molar-refractivity contribution < 1.29 is 18.3 Å². The predicted octanol–water partition coefficient (Wildman–Crippen LogP) is 2.93. The third kappa shape index (κ3) is 2.68. The Morgan fingerprint density at radius 3 is 2.20 bits per heavy atom. The van der Waals surface area contributed by atoms with Crippen molar-refractivity contribution in [3.05, 3.63) is 36.4 Å². The van der Waals surface area contributed by atoms with Crippen LogP contribution in [0.5, 0.6) is 11.5 Å². The van der Waals surface area contributed by atoms with Gasteiger partial charge >= 0.3 is 0 Å². The number of benzene rings is 1. The Morgan fingerprint density at radius 2 is 1.73 bits per heavy atom. The van der Waals surface area contributed by atoms with Crippen molar-refractivity contribution in [1.29, 1.82) is 0 Å². The fourth-order valence-corrected chi connectivity index (χ4v) is 1.04. The van der Waals surface area contributed by atoms with Gasteiger partial charge in [-0.25, -0.2) is 0 Å². The van der Waals surface area contributed by atoms with Gasteiger partial charge in [0.1, 0.15) is 6.61 Å². The Balaban J connectivity index is 2.93. The average Bonchev–Trinajstić information content (AvgIpc) is 2.24. The Bertz CT molecular complexity index is 351. The molecule has 0 amide bonds. The van der Waals surface area contributed by atoms with Gasteiger partial charge in [-0.15, -0.1) is 0 Å². The molecule has 0 bridgehead atoms. The van der Waals surface area contributed by atoms with E-state index >= 15 is 0 Å². The van der Waals surface area contributed by atoms with Crippen LogP contribution in [-0.4, -0.2) is 13.2 Å². The van der Waals surface area contributed by atoms with Gasteiger partial charge in [-0.2, -0.15) is 8.78 Å². The lowest BCUT2D eigenvalue weighted by Crippen LogP contribution is -2.01. The van der Waals surface area contributed by atoms with Gasteiger partial charge < -0.3 is 9.47 Å². The Morgan fingerprint density at radius 1 is 1.20 bits per heavy atom. The summed E-state index contributed by atoms with van der Waals surface area (Å²) in [5.74, 6) is -2.32. The fourth-order valence-electron chi connectivity index (χ4n) is 1.04. The van der Waals surface area contributed by atoms with Gasteiger partial charge in [-0.05, 0) is 19.1 Å². The third-order valence-electron chi connectivity index (χ3n) is 1.67. The minimum atomic E-state index is -1.04. The summed E-state index contributed by atoms with van der Waals surface area (Å²) in [7, 11) is 0. The highest BCUT2D eigenvalue weighted by atomic mass is 19.2. The van der Waals surface area contributed by atoms with Crippen molar-refractivity contribution in [2.24, 2.45) is 0 Å². The molecular formula is C11H12F2O2. The Hall–Kier alpha value is -1.58. The number of hydrogen-bond donors (Lipinski definition) is 0. The van der Waals surface area contributed by atoms with Crippen LogP contribution in [0, 0.1) is 11.6 Å². The van der Waals surface area contributed by atoms with E-state index in [0.29, 0.717) is 0 Å². The van der Waals surface area contributed by atoms with Gasteiger partial charge in [0.15, 0.2) is 11.5 Å². The molecule has 0 radical (unpaired) electrons. The molecule has 4 heteroatoms. The van der Waals surface area contributed by atoms with Crippen molar-refractivity contribution in [1.82, 2.24) is 0 Å². The SMILES string of the molecule is C=CCOc1ccc(OCC)c(F)c1F. The monoisotopic (exact) mass is 214 g/mol. The van der Waals surface area contributed by atoms with Gasteiger partial charge in [-0.3, -0.25) is 0 Å². The fraction of sp³-hybridized carbons (Fsp3) is 0.273. The molecule has 2 nitrogen and oxygen atoms in total. The molecule has 0 N–H and O–H groups in total. The van der Waals surface area contributed by atoms with Crippen LogP contribution in [0.4, 0.5) is 8.78 Å². The molecule has 0 aliphatic rings. The molecule has 0 atom stereocenters. The molecule has 0 unspecified atom stereocenters. The lowest BCUT2D eigenvalue weighted by Gasteiger charge is -2.08. The highest BCUT2D eigenvalue weighted by molar-refractivity contribution is 5.35. The van der Waals surface area contributed by atoms with Crippen LogP contribution in [0.3, 0.4) is 0 Å². The molecule has 0 saturated carbocycles. The largest absolute Gasteiger partial charge is 0.491 e. The smallest absolute Gasteiger partial charge is 0.204 e. The van der Waals surface area contributed by atoms with E-state index in [1.807, 2.05) is 0 Å². The van der Waals surface area contributed by atoms with Crippen LogP contribution in [0.15, 0.2) is 24.8 Å². The van der Waals surface area contributed by atoms with Gasteiger partial charge in [0, 0.05) is 0 Å². The lowest BCUT2D eigenvalue weighted by atomic mass is 10.3. The van der Waals surface area contributed by atoms with Crippen LogP contribution in [-0.2, 0) is 0 Å². The topological polar surface area (TPSA) is 18.5 Å². The van der Waals surface area contributed by atoms with Crippen molar-refractivity contribution in [2.45, 2.75) is 6.92 Å². The van der Waals surface area contributed by atoms with Crippen LogP contribution in [0.2, 0.25) is 0 Å². The van der Waals surface area contributed by atoms with Crippen LogP contribution >= 0.6 is 0 Å². The molecule has 0 heterocycles. The second-order valence-electron chi connectivity index (χ2n) is 2.72. The zero-order valence-corrected chi connectivity index (χ0v) is 8.43. The minimum absolute atomic E-state index is 0.110. The predicted molar refractivity (Wildman–Crippen MR) is 53.2 cm³/mol. The van der Waals surface area contributed by atoms with Gasteiger partial charge in [0.05, 0.1) is 6.61 Å². The highest BCUT2D eigenvalue weighted by Gasteiger charge is 2.14. The molecule has 82 valence electrons. The van der Waals surface area contributed by atoms with E-state index in [4.69, 9.17) is 9.47 Å². The molecule has 1 rings (SSSR count). The van der Waals surface area contributed by atoms with E-state index in [-0.39, 0.29) is 24.7 Å². The summed E-state index contributed by atoms with van der Waals surface area (Å²) in [5.41, 5.74) is 0. The summed E-state index contributed by atoms with van der Waals surface area (Å²) in [5, 5.41) is 0. The number of ether oxygens (including phenoxy) is 2. The molecule has 0 aromatic heterocycles. The first-order chi connectivity index (χ1) is 7.20. The Kier molecular flexibility index (Phi) is 4.09. The summed E-state index contributed by atoms with van der Waals surface area (Å²) in [6.45, 7) is 5.51. The molecule has 15 heavy (non-hydrogen) atoms. The normalized spacial score (nSPS) is 9.80. The summed E-state index contributed by atoms with van der Waals surface area (Å²) in [6.07, 6.45) is 1.45. The first-order valence-electron chi connectivity index (χ1n) is 4.55. The van der Waals surface area contributed by atoms with E-state index in [2.05, 4.69) is 6.58 Å². The molecule has 0 aliphatic heterocycles. The van der Waals surface area contributed by atoms with Crippen LogP contribution in [0.25, 0.3) is 0 Å². The molecule has 1 aromatic carbocycles. The molecule has 0 fully saturated rings. The molecule has 0 aliphatic carbocycles.